The summed E-state index contributed by atoms with van der Waals surface area (Å²) < 4.78 is 5.57. The van der Waals surface area contributed by atoms with Crippen LogP contribution in [0.4, 0.5) is 5.69 Å². The lowest BCUT2D eigenvalue weighted by molar-refractivity contribution is -0.113. The molecule has 0 spiro atoms. The maximum Gasteiger partial charge on any atom is 0.234 e. The highest BCUT2D eigenvalue weighted by atomic mass is 32.2. The minimum Gasteiger partial charge on any atom is -0.491 e. The molecule has 0 radical (unpaired) electrons. The van der Waals surface area contributed by atoms with E-state index in [1.165, 1.54) is 17.3 Å². The normalized spacial score (nSPS) is 10.5. The molecule has 116 valence electrons. The molecule has 0 aliphatic heterocycles. The van der Waals surface area contributed by atoms with Gasteiger partial charge in [0, 0.05) is 10.6 Å². The number of rotatable bonds is 6. The SMILES string of the molecule is Cc1ccc(SCC(=O)Nc2ccc(OC(C)C)cc2)cc1. The Hall–Kier alpha value is -1.94. The molecule has 22 heavy (non-hydrogen) atoms. The van der Waals surface area contributed by atoms with Crippen molar-refractivity contribution in [3.8, 4) is 5.75 Å². The highest BCUT2D eigenvalue weighted by molar-refractivity contribution is 8.00. The molecule has 1 N–H and O–H groups in total. The Morgan fingerprint density at radius 2 is 1.73 bits per heavy atom. The number of carbonyl (C=O) groups is 1. The van der Waals surface area contributed by atoms with Gasteiger partial charge in [0.15, 0.2) is 0 Å². The number of hydrogen-bond donors (Lipinski definition) is 1. The van der Waals surface area contributed by atoms with Crippen molar-refractivity contribution < 1.29 is 9.53 Å². The van der Waals surface area contributed by atoms with Crippen LogP contribution in [0, 0.1) is 6.92 Å². The maximum atomic E-state index is 12.0. The van der Waals surface area contributed by atoms with E-state index >= 15 is 0 Å². The zero-order chi connectivity index (χ0) is 15.9. The van der Waals surface area contributed by atoms with Crippen molar-refractivity contribution >= 4 is 23.4 Å². The number of amides is 1. The topological polar surface area (TPSA) is 38.3 Å². The Labute approximate surface area is 136 Å². The molecule has 2 aromatic carbocycles. The van der Waals surface area contributed by atoms with Gasteiger partial charge in [0.05, 0.1) is 11.9 Å². The van der Waals surface area contributed by atoms with Crippen molar-refractivity contribution in [2.45, 2.75) is 31.8 Å². The van der Waals surface area contributed by atoms with Gasteiger partial charge in [-0.15, -0.1) is 11.8 Å². The van der Waals surface area contributed by atoms with Gasteiger partial charge in [-0.3, -0.25) is 4.79 Å². The summed E-state index contributed by atoms with van der Waals surface area (Å²) in [6.07, 6.45) is 0.145. The van der Waals surface area contributed by atoms with Crippen LogP contribution in [0.2, 0.25) is 0 Å². The molecule has 0 bridgehead atoms. The quantitative estimate of drug-likeness (QED) is 0.797. The van der Waals surface area contributed by atoms with Gasteiger partial charge in [-0.1, -0.05) is 17.7 Å². The minimum absolute atomic E-state index is 0.0110. The van der Waals surface area contributed by atoms with E-state index in [1.54, 1.807) is 0 Å². The standard InChI is InChI=1S/C18H21NO2S/c1-13(2)21-16-8-6-15(7-9-16)19-18(20)12-22-17-10-4-14(3)5-11-17/h4-11,13H,12H2,1-3H3,(H,19,20). The first kappa shape index (κ1) is 16.4. The van der Waals surface area contributed by atoms with E-state index in [0.29, 0.717) is 5.75 Å². The molecule has 3 nitrogen and oxygen atoms in total. The Balaban J connectivity index is 1.82. The van der Waals surface area contributed by atoms with Gasteiger partial charge in [-0.25, -0.2) is 0 Å². The summed E-state index contributed by atoms with van der Waals surface area (Å²) in [5.74, 6) is 1.19. The lowest BCUT2D eigenvalue weighted by Gasteiger charge is -2.10. The van der Waals surface area contributed by atoms with Crippen LogP contribution in [-0.4, -0.2) is 17.8 Å². The third-order valence-corrected chi connectivity index (χ3v) is 3.91. The summed E-state index contributed by atoms with van der Waals surface area (Å²) in [5.41, 5.74) is 2.00. The first-order valence-electron chi connectivity index (χ1n) is 7.29. The molecule has 0 saturated carbocycles. The fraction of sp³-hybridized carbons (Fsp3) is 0.278. The summed E-state index contributed by atoms with van der Waals surface area (Å²) in [6.45, 7) is 6.02. The molecule has 4 heteroatoms. The van der Waals surface area contributed by atoms with Gasteiger partial charge in [-0.2, -0.15) is 0 Å². The first-order chi connectivity index (χ1) is 10.5. The second-order valence-corrected chi connectivity index (χ2v) is 6.39. The van der Waals surface area contributed by atoms with Crippen LogP contribution >= 0.6 is 11.8 Å². The van der Waals surface area contributed by atoms with Gasteiger partial charge < -0.3 is 10.1 Å². The van der Waals surface area contributed by atoms with Gasteiger partial charge in [-0.05, 0) is 57.2 Å². The van der Waals surface area contributed by atoms with Crippen LogP contribution in [0.25, 0.3) is 0 Å². The molecular weight excluding hydrogens is 294 g/mol. The average molecular weight is 315 g/mol. The van der Waals surface area contributed by atoms with Crippen molar-refractivity contribution in [2.75, 3.05) is 11.1 Å². The van der Waals surface area contributed by atoms with E-state index < -0.39 is 0 Å². The molecule has 0 atom stereocenters. The lowest BCUT2D eigenvalue weighted by atomic mass is 10.2. The predicted molar refractivity (Wildman–Crippen MR) is 92.7 cm³/mol. The molecule has 0 aliphatic carbocycles. The largest absolute Gasteiger partial charge is 0.491 e. The zero-order valence-electron chi connectivity index (χ0n) is 13.1. The average Bonchev–Trinajstić information content (AvgIpc) is 2.48. The predicted octanol–water partition coefficient (Wildman–Crippen LogP) is 4.51. The first-order valence-corrected chi connectivity index (χ1v) is 8.27. The molecule has 1 amide bonds. The monoisotopic (exact) mass is 315 g/mol. The van der Waals surface area contributed by atoms with Crippen LogP contribution < -0.4 is 10.1 Å². The number of carbonyl (C=O) groups excluding carboxylic acids is 1. The van der Waals surface area contributed by atoms with Crippen molar-refractivity contribution in [3.63, 3.8) is 0 Å². The Kier molecular flexibility index (Phi) is 5.90. The number of nitrogens with one attached hydrogen (secondary N) is 1. The van der Waals surface area contributed by atoms with E-state index in [4.69, 9.17) is 4.74 Å². The number of hydrogen-bond acceptors (Lipinski definition) is 3. The van der Waals surface area contributed by atoms with Gasteiger partial charge in [0.1, 0.15) is 5.75 Å². The number of benzene rings is 2. The van der Waals surface area contributed by atoms with Crippen molar-refractivity contribution in [2.24, 2.45) is 0 Å². The number of ether oxygens (including phenoxy) is 1. The second kappa shape index (κ2) is 7.90. The number of anilines is 1. The summed E-state index contributed by atoms with van der Waals surface area (Å²) in [4.78, 5) is 13.1. The maximum absolute atomic E-state index is 12.0. The molecule has 2 aromatic rings. The molecular formula is C18H21NO2S. The molecule has 0 unspecified atom stereocenters. The summed E-state index contributed by atoms with van der Waals surface area (Å²) in [6, 6.07) is 15.6. The van der Waals surface area contributed by atoms with E-state index in [-0.39, 0.29) is 12.0 Å². The fourth-order valence-corrected chi connectivity index (χ4v) is 2.57. The van der Waals surface area contributed by atoms with E-state index in [2.05, 4.69) is 5.32 Å². The molecule has 0 fully saturated rings. The fourth-order valence-electron chi connectivity index (χ4n) is 1.87. The van der Waals surface area contributed by atoms with E-state index in [9.17, 15) is 4.79 Å². The lowest BCUT2D eigenvalue weighted by Crippen LogP contribution is -2.14. The van der Waals surface area contributed by atoms with Crippen LogP contribution in [0.5, 0.6) is 5.75 Å². The van der Waals surface area contributed by atoms with Crippen LogP contribution in [0.15, 0.2) is 53.4 Å². The third-order valence-electron chi connectivity index (χ3n) is 2.90. The summed E-state index contributed by atoms with van der Waals surface area (Å²) >= 11 is 1.53. The summed E-state index contributed by atoms with van der Waals surface area (Å²) in [5, 5.41) is 2.89. The Bertz CT molecular complexity index is 606. The zero-order valence-corrected chi connectivity index (χ0v) is 13.9. The third kappa shape index (κ3) is 5.45. The molecule has 0 aliphatic rings. The van der Waals surface area contributed by atoms with E-state index in [0.717, 1.165) is 16.3 Å². The minimum atomic E-state index is -0.0110. The molecule has 0 aromatic heterocycles. The van der Waals surface area contributed by atoms with Crippen LogP contribution in [0.1, 0.15) is 19.4 Å². The molecule has 0 heterocycles. The Morgan fingerprint density at radius 3 is 2.32 bits per heavy atom. The van der Waals surface area contributed by atoms with Gasteiger partial charge >= 0.3 is 0 Å². The number of thioether (sulfide) groups is 1. The summed E-state index contributed by atoms with van der Waals surface area (Å²) in [7, 11) is 0. The van der Waals surface area contributed by atoms with Crippen molar-refractivity contribution in [3.05, 3.63) is 54.1 Å². The Morgan fingerprint density at radius 1 is 1.09 bits per heavy atom. The van der Waals surface area contributed by atoms with Gasteiger partial charge in [0.25, 0.3) is 0 Å². The highest BCUT2D eigenvalue weighted by Crippen LogP contribution is 2.20. The van der Waals surface area contributed by atoms with Crippen molar-refractivity contribution in [1.29, 1.82) is 0 Å². The van der Waals surface area contributed by atoms with Crippen LogP contribution in [-0.2, 0) is 4.79 Å². The van der Waals surface area contributed by atoms with Gasteiger partial charge in [0.2, 0.25) is 5.91 Å². The highest BCUT2D eigenvalue weighted by Gasteiger charge is 2.04. The van der Waals surface area contributed by atoms with E-state index in [1.807, 2.05) is 69.3 Å². The molecule has 2 rings (SSSR count). The van der Waals surface area contributed by atoms with Crippen LogP contribution in [0.3, 0.4) is 0 Å². The molecule has 0 saturated heterocycles. The second-order valence-electron chi connectivity index (χ2n) is 5.34. The smallest absolute Gasteiger partial charge is 0.234 e. The number of aryl methyl sites for hydroxylation is 1. The van der Waals surface area contributed by atoms with Crippen molar-refractivity contribution in [1.82, 2.24) is 0 Å².